The smallest absolute Gasteiger partial charge is 0.377 e. The third-order valence-electron chi connectivity index (χ3n) is 1.88. The van der Waals surface area contributed by atoms with Gasteiger partial charge in [-0.15, -0.1) is 0 Å². The highest BCUT2D eigenvalue weighted by Crippen LogP contribution is 2.11. The molecule has 5 nitrogen and oxygen atoms in total. The Morgan fingerprint density at radius 2 is 1.71 bits per heavy atom. The van der Waals surface area contributed by atoms with Gasteiger partial charge in [0.1, 0.15) is 0 Å². The van der Waals surface area contributed by atoms with E-state index >= 15 is 0 Å². The molecule has 1 N–H and O–H groups in total. The van der Waals surface area contributed by atoms with Gasteiger partial charge >= 0.3 is 8.80 Å². The molecule has 14 heavy (non-hydrogen) atoms. The van der Waals surface area contributed by atoms with E-state index in [1.54, 1.807) is 0 Å². The summed E-state index contributed by atoms with van der Waals surface area (Å²) in [6, 6.07) is 0.163. The first-order valence-corrected chi connectivity index (χ1v) is 6.49. The average Bonchev–Trinajstić information content (AvgIpc) is 2.23. The fourth-order valence-corrected chi connectivity index (χ4v) is 2.44. The second-order valence-corrected chi connectivity index (χ2v) is 5.77. The molecule has 6 heteroatoms. The van der Waals surface area contributed by atoms with Crippen molar-refractivity contribution in [3.63, 3.8) is 0 Å². The number of hydrogen-bond donors (Lipinski definition) is 1. The molecule has 0 aliphatic heterocycles. The zero-order valence-electron chi connectivity index (χ0n) is 9.25. The van der Waals surface area contributed by atoms with Gasteiger partial charge < -0.3 is 18.6 Å². The van der Waals surface area contributed by atoms with Gasteiger partial charge in [0.2, 0.25) is 5.91 Å². The molecule has 0 radical (unpaired) electrons. The molecule has 0 spiro atoms. The number of hydrogen-bond acceptors (Lipinski definition) is 4. The molecule has 0 saturated carbocycles. The fraction of sp³-hybridized carbons (Fsp3) is 0.875. The lowest BCUT2D eigenvalue weighted by atomic mass is 10.5. The highest BCUT2D eigenvalue weighted by atomic mass is 28.4. The summed E-state index contributed by atoms with van der Waals surface area (Å²) in [6.45, 7) is 2.66. The van der Waals surface area contributed by atoms with Crippen LogP contribution >= 0.6 is 0 Å². The normalized spacial score (nSPS) is 11.4. The van der Waals surface area contributed by atoms with Gasteiger partial charge in [-0.2, -0.15) is 0 Å². The lowest BCUT2D eigenvalue weighted by Gasteiger charge is -2.23. The van der Waals surface area contributed by atoms with E-state index in [4.69, 9.17) is 13.3 Å². The summed E-state index contributed by atoms with van der Waals surface area (Å²) in [5, 5.41) is 2.75. The van der Waals surface area contributed by atoms with Crippen LogP contribution in [0.5, 0.6) is 0 Å². The van der Waals surface area contributed by atoms with Crippen molar-refractivity contribution >= 4 is 14.7 Å². The van der Waals surface area contributed by atoms with Crippen LogP contribution in [-0.2, 0) is 18.1 Å². The molecule has 0 unspecified atom stereocenters. The molecule has 1 amide bonds. The molecular weight excluding hydrogens is 202 g/mol. The van der Waals surface area contributed by atoms with Crippen LogP contribution in [-0.4, -0.2) is 42.6 Å². The molecule has 0 aromatic rings. The van der Waals surface area contributed by atoms with Crippen LogP contribution in [0.15, 0.2) is 0 Å². The Labute approximate surface area is 86.1 Å². The van der Waals surface area contributed by atoms with E-state index in [0.29, 0.717) is 6.54 Å². The van der Waals surface area contributed by atoms with E-state index in [9.17, 15) is 4.79 Å². The third kappa shape index (κ3) is 4.19. The maximum Gasteiger partial charge on any atom is 0.509 e. The molecule has 0 aromatic carbocycles. The number of amides is 1. The van der Waals surface area contributed by atoms with Gasteiger partial charge in [-0.1, -0.05) is 6.92 Å². The summed E-state index contributed by atoms with van der Waals surface area (Å²) >= 11 is 0. The summed E-state index contributed by atoms with van der Waals surface area (Å²) < 4.78 is 15.4. The van der Waals surface area contributed by atoms with Crippen molar-refractivity contribution < 1.29 is 18.1 Å². The minimum atomic E-state index is -2.74. The molecule has 0 atom stereocenters. The molecular formula is C8H19NO4Si. The Morgan fingerprint density at radius 1 is 1.21 bits per heavy atom. The van der Waals surface area contributed by atoms with Crippen LogP contribution in [0.3, 0.4) is 0 Å². The first-order chi connectivity index (χ1) is 6.64. The maximum atomic E-state index is 11.4. The quantitative estimate of drug-likeness (QED) is 0.632. The molecule has 0 aliphatic rings. The standard InChI is InChI=1S/C8H19NO4Si/c1-5-6-9-8(10)7-14(11-2,12-3)13-4/h5-7H2,1-4H3,(H,9,10). The monoisotopic (exact) mass is 221 g/mol. The molecule has 0 saturated heterocycles. The Kier molecular flexibility index (Phi) is 6.72. The minimum absolute atomic E-state index is 0.0935. The predicted octanol–water partition coefficient (Wildman–Crippen LogP) is 0.391. The van der Waals surface area contributed by atoms with Gasteiger partial charge in [-0.05, 0) is 6.42 Å². The van der Waals surface area contributed by atoms with Crippen LogP contribution in [0, 0.1) is 0 Å². The van der Waals surface area contributed by atoms with E-state index in [-0.39, 0.29) is 12.0 Å². The lowest BCUT2D eigenvalue weighted by molar-refractivity contribution is -0.119. The summed E-state index contributed by atoms with van der Waals surface area (Å²) in [6.07, 6.45) is 0.910. The highest BCUT2D eigenvalue weighted by molar-refractivity contribution is 6.64. The summed E-state index contributed by atoms with van der Waals surface area (Å²) in [4.78, 5) is 11.4. The van der Waals surface area contributed by atoms with Crippen molar-refractivity contribution in [2.24, 2.45) is 0 Å². The summed E-state index contributed by atoms with van der Waals surface area (Å²) in [7, 11) is 1.73. The third-order valence-corrected chi connectivity index (χ3v) is 4.50. The minimum Gasteiger partial charge on any atom is -0.377 e. The zero-order valence-corrected chi connectivity index (χ0v) is 10.3. The molecule has 0 rings (SSSR count). The van der Waals surface area contributed by atoms with E-state index < -0.39 is 8.80 Å². The highest BCUT2D eigenvalue weighted by Gasteiger charge is 2.40. The lowest BCUT2D eigenvalue weighted by Crippen LogP contribution is -2.47. The van der Waals surface area contributed by atoms with E-state index in [0.717, 1.165) is 6.42 Å². The molecule has 0 aliphatic carbocycles. The topological polar surface area (TPSA) is 56.8 Å². The van der Waals surface area contributed by atoms with E-state index in [1.807, 2.05) is 6.92 Å². The first kappa shape index (κ1) is 13.6. The zero-order chi connectivity index (χ0) is 11.0. The molecule has 0 aromatic heterocycles. The summed E-state index contributed by atoms with van der Waals surface area (Å²) in [5.74, 6) is -0.0935. The average molecular weight is 221 g/mol. The second kappa shape index (κ2) is 6.94. The van der Waals surface area contributed by atoms with Crippen LogP contribution in [0.1, 0.15) is 13.3 Å². The molecule has 0 fully saturated rings. The Balaban J connectivity index is 4.08. The predicted molar refractivity (Wildman–Crippen MR) is 54.9 cm³/mol. The van der Waals surface area contributed by atoms with Crippen LogP contribution in [0.2, 0.25) is 6.04 Å². The first-order valence-electron chi connectivity index (χ1n) is 4.56. The van der Waals surface area contributed by atoms with Crippen molar-refractivity contribution in [1.29, 1.82) is 0 Å². The van der Waals surface area contributed by atoms with Crippen LogP contribution < -0.4 is 5.32 Å². The van der Waals surface area contributed by atoms with Crippen molar-refractivity contribution in [3.8, 4) is 0 Å². The molecule has 0 heterocycles. The Bertz CT molecular complexity index is 164. The van der Waals surface area contributed by atoms with Gasteiger partial charge in [0, 0.05) is 27.9 Å². The van der Waals surface area contributed by atoms with Crippen LogP contribution in [0.25, 0.3) is 0 Å². The summed E-state index contributed by atoms with van der Waals surface area (Å²) in [5.41, 5.74) is 0. The van der Waals surface area contributed by atoms with Crippen molar-refractivity contribution in [2.75, 3.05) is 27.9 Å². The maximum absolute atomic E-state index is 11.4. The van der Waals surface area contributed by atoms with Gasteiger partial charge in [-0.3, -0.25) is 4.79 Å². The Morgan fingerprint density at radius 3 is 2.07 bits per heavy atom. The molecule has 0 bridgehead atoms. The van der Waals surface area contributed by atoms with Gasteiger partial charge in [-0.25, -0.2) is 0 Å². The van der Waals surface area contributed by atoms with E-state index in [2.05, 4.69) is 5.32 Å². The fourth-order valence-electron chi connectivity index (χ4n) is 0.990. The van der Waals surface area contributed by atoms with Crippen molar-refractivity contribution in [3.05, 3.63) is 0 Å². The second-order valence-electron chi connectivity index (χ2n) is 2.82. The number of rotatable bonds is 7. The van der Waals surface area contributed by atoms with Crippen LogP contribution in [0.4, 0.5) is 0 Å². The number of carbonyl (C=O) groups excluding carboxylic acids is 1. The SMILES string of the molecule is CCCNC(=O)C[Si](OC)(OC)OC. The van der Waals surface area contributed by atoms with Gasteiger partial charge in [0.05, 0.1) is 6.04 Å². The van der Waals surface area contributed by atoms with Crippen molar-refractivity contribution in [1.82, 2.24) is 5.32 Å². The van der Waals surface area contributed by atoms with Gasteiger partial charge in [0.25, 0.3) is 0 Å². The van der Waals surface area contributed by atoms with E-state index in [1.165, 1.54) is 21.3 Å². The molecule has 84 valence electrons. The number of nitrogens with one attached hydrogen (secondary N) is 1. The van der Waals surface area contributed by atoms with Gasteiger partial charge in [0.15, 0.2) is 0 Å². The van der Waals surface area contributed by atoms with Crippen molar-refractivity contribution in [2.45, 2.75) is 19.4 Å². The number of carbonyl (C=O) groups is 1. The largest absolute Gasteiger partial charge is 0.509 e. The Hall–Kier alpha value is -0.433.